The van der Waals surface area contributed by atoms with E-state index in [2.05, 4.69) is 15.5 Å². The van der Waals surface area contributed by atoms with Crippen molar-refractivity contribution in [3.8, 4) is 0 Å². The molecule has 118 valence electrons. The number of esters is 1. The largest absolute Gasteiger partial charge is 0.459 e. The summed E-state index contributed by atoms with van der Waals surface area (Å²) in [7, 11) is 0. The van der Waals surface area contributed by atoms with Gasteiger partial charge in [0.05, 0.1) is 5.75 Å². The molecule has 1 saturated carbocycles. The summed E-state index contributed by atoms with van der Waals surface area (Å²) in [6.07, 6.45) is 6.33. The molecule has 0 saturated heterocycles. The van der Waals surface area contributed by atoms with Crippen LogP contribution in [0.25, 0.3) is 0 Å². The normalized spacial score (nSPS) is 16.7. The van der Waals surface area contributed by atoms with Gasteiger partial charge in [0.1, 0.15) is 5.60 Å². The molecule has 1 aliphatic rings. The summed E-state index contributed by atoms with van der Waals surface area (Å²) in [6.45, 7) is 5.60. The van der Waals surface area contributed by atoms with Crippen molar-refractivity contribution in [2.45, 2.75) is 68.9 Å². The van der Waals surface area contributed by atoms with E-state index < -0.39 is 5.60 Å². The van der Waals surface area contributed by atoms with Crippen molar-refractivity contribution in [1.82, 2.24) is 10.2 Å². The molecule has 0 atom stereocenters. The number of hydrogen-bond donors (Lipinski definition) is 1. The molecule has 1 aliphatic carbocycles. The summed E-state index contributed by atoms with van der Waals surface area (Å²) in [5.74, 6) is 0.0551. The second-order valence-electron chi connectivity index (χ2n) is 6.23. The van der Waals surface area contributed by atoms with Crippen molar-refractivity contribution < 1.29 is 9.53 Å². The topological polar surface area (TPSA) is 64.1 Å². The fraction of sp³-hybridized carbons (Fsp3) is 0.786. The SMILES string of the molecule is CC(C)(C)OC(=O)CSc1nnc(NC2CCCCC2)s1. The lowest BCUT2D eigenvalue weighted by Crippen LogP contribution is -2.24. The molecule has 0 spiro atoms. The molecule has 2 rings (SSSR count). The Morgan fingerprint density at radius 3 is 2.71 bits per heavy atom. The van der Waals surface area contributed by atoms with Gasteiger partial charge in [-0.05, 0) is 33.6 Å². The number of ether oxygens (including phenoxy) is 1. The Hall–Kier alpha value is -0.820. The average Bonchev–Trinajstić information content (AvgIpc) is 2.83. The van der Waals surface area contributed by atoms with Gasteiger partial charge >= 0.3 is 5.97 Å². The van der Waals surface area contributed by atoms with Crippen LogP contribution in [0.5, 0.6) is 0 Å². The highest BCUT2D eigenvalue weighted by Gasteiger charge is 2.18. The van der Waals surface area contributed by atoms with E-state index in [4.69, 9.17) is 4.74 Å². The third-order valence-corrected chi connectivity index (χ3v) is 5.03. The predicted molar refractivity (Wildman–Crippen MR) is 87.0 cm³/mol. The molecular formula is C14H23N3O2S2. The summed E-state index contributed by atoms with van der Waals surface area (Å²) in [5, 5.41) is 12.6. The van der Waals surface area contributed by atoms with Crippen LogP contribution in [0, 0.1) is 0 Å². The first-order valence-corrected chi connectivity index (χ1v) is 9.17. The molecular weight excluding hydrogens is 306 g/mol. The molecule has 1 aromatic rings. The van der Waals surface area contributed by atoms with Crippen molar-refractivity contribution in [2.24, 2.45) is 0 Å². The van der Waals surface area contributed by atoms with Gasteiger partial charge in [0.2, 0.25) is 5.13 Å². The molecule has 1 N–H and O–H groups in total. The molecule has 1 heterocycles. The molecule has 0 radical (unpaired) electrons. The lowest BCUT2D eigenvalue weighted by Gasteiger charge is -2.21. The molecule has 0 bridgehead atoms. The van der Waals surface area contributed by atoms with Gasteiger partial charge in [-0.3, -0.25) is 4.79 Å². The Morgan fingerprint density at radius 1 is 1.33 bits per heavy atom. The van der Waals surface area contributed by atoms with E-state index in [1.165, 1.54) is 55.2 Å². The summed E-state index contributed by atoms with van der Waals surface area (Å²) >= 11 is 2.89. The van der Waals surface area contributed by atoms with Gasteiger partial charge in [0, 0.05) is 6.04 Å². The van der Waals surface area contributed by atoms with Gasteiger partial charge in [-0.15, -0.1) is 10.2 Å². The lowest BCUT2D eigenvalue weighted by atomic mass is 9.96. The standard InChI is InChI=1S/C14H23N3O2S2/c1-14(2,3)19-11(18)9-20-13-17-16-12(21-13)15-10-7-5-4-6-8-10/h10H,4-9H2,1-3H3,(H,15,16). The average molecular weight is 329 g/mol. The quantitative estimate of drug-likeness (QED) is 0.656. The summed E-state index contributed by atoms with van der Waals surface area (Å²) in [5.41, 5.74) is -0.438. The number of rotatable bonds is 5. The Balaban J connectivity index is 1.76. The summed E-state index contributed by atoms with van der Waals surface area (Å²) in [4.78, 5) is 11.7. The minimum absolute atomic E-state index is 0.218. The molecule has 0 aliphatic heterocycles. The second kappa shape index (κ2) is 7.45. The number of carbonyl (C=O) groups excluding carboxylic acids is 1. The third-order valence-electron chi connectivity index (χ3n) is 3.07. The molecule has 0 unspecified atom stereocenters. The first-order chi connectivity index (χ1) is 9.92. The van der Waals surface area contributed by atoms with Crippen molar-refractivity contribution in [1.29, 1.82) is 0 Å². The number of anilines is 1. The van der Waals surface area contributed by atoms with Crippen LogP contribution in [0.15, 0.2) is 4.34 Å². The van der Waals surface area contributed by atoms with Crippen LogP contribution in [0.3, 0.4) is 0 Å². The number of aromatic nitrogens is 2. The van der Waals surface area contributed by atoms with Crippen LogP contribution in [-0.4, -0.2) is 33.6 Å². The monoisotopic (exact) mass is 329 g/mol. The predicted octanol–water partition coefficient (Wildman–Crippen LogP) is 3.72. The van der Waals surface area contributed by atoms with E-state index in [9.17, 15) is 4.79 Å². The number of nitrogens with one attached hydrogen (secondary N) is 1. The maximum absolute atomic E-state index is 11.7. The Morgan fingerprint density at radius 2 is 2.05 bits per heavy atom. The maximum Gasteiger partial charge on any atom is 0.316 e. The van der Waals surface area contributed by atoms with E-state index >= 15 is 0 Å². The van der Waals surface area contributed by atoms with Gasteiger partial charge < -0.3 is 10.1 Å². The van der Waals surface area contributed by atoms with Crippen LogP contribution in [0.2, 0.25) is 0 Å². The van der Waals surface area contributed by atoms with Crippen LogP contribution in [0.4, 0.5) is 5.13 Å². The fourth-order valence-corrected chi connectivity index (χ4v) is 3.84. The van der Waals surface area contributed by atoms with Gasteiger partial charge in [0.25, 0.3) is 0 Å². The molecule has 7 heteroatoms. The Labute approximate surface area is 134 Å². The van der Waals surface area contributed by atoms with E-state index in [0.29, 0.717) is 6.04 Å². The van der Waals surface area contributed by atoms with Gasteiger partial charge in [0.15, 0.2) is 4.34 Å². The third kappa shape index (κ3) is 6.22. The van der Waals surface area contributed by atoms with Gasteiger partial charge in [-0.25, -0.2) is 0 Å². The number of thioether (sulfide) groups is 1. The smallest absolute Gasteiger partial charge is 0.316 e. The highest BCUT2D eigenvalue weighted by Crippen LogP contribution is 2.28. The van der Waals surface area contributed by atoms with Crippen LogP contribution in [0.1, 0.15) is 52.9 Å². The minimum atomic E-state index is -0.438. The number of hydrogen-bond acceptors (Lipinski definition) is 7. The molecule has 5 nitrogen and oxygen atoms in total. The second-order valence-corrected chi connectivity index (χ2v) is 8.43. The highest BCUT2D eigenvalue weighted by atomic mass is 32.2. The molecule has 1 aromatic heterocycles. The lowest BCUT2D eigenvalue weighted by molar-refractivity contribution is -0.151. The molecule has 21 heavy (non-hydrogen) atoms. The molecule has 1 fully saturated rings. The zero-order valence-electron chi connectivity index (χ0n) is 12.8. The van der Waals surface area contributed by atoms with E-state index in [1.54, 1.807) is 0 Å². The van der Waals surface area contributed by atoms with Gasteiger partial charge in [-0.2, -0.15) is 0 Å². The zero-order valence-corrected chi connectivity index (χ0v) is 14.5. The Kier molecular flexibility index (Phi) is 5.87. The first kappa shape index (κ1) is 16.5. The van der Waals surface area contributed by atoms with Gasteiger partial charge in [-0.1, -0.05) is 42.4 Å². The number of nitrogens with zero attached hydrogens (tertiary/aromatic N) is 2. The van der Waals surface area contributed by atoms with Crippen LogP contribution < -0.4 is 5.32 Å². The summed E-state index contributed by atoms with van der Waals surface area (Å²) in [6, 6.07) is 0.524. The highest BCUT2D eigenvalue weighted by molar-refractivity contribution is 8.01. The van der Waals surface area contributed by atoms with Crippen molar-refractivity contribution in [3.05, 3.63) is 0 Å². The maximum atomic E-state index is 11.7. The summed E-state index contributed by atoms with van der Waals surface area (Å²) < 4.78 is 6.07. The number of carbonyl (C=O) groups is 1. The van der Waals surface area contributed by atoms with Crippen LogP contribution >= 0.6 is 23.1 Å². The van der Waals surface area contributed by atoms with Crippen LogP contribution in [-0.2, 0) is 9.53 Å². The van der Waals surface area contributed by atoms with Crippen molar-refractivity contribution in [3.63, 3.8) is 0 Å². The van der Waals surface area contributed by atoms with E-state index in [1.807, 2.05) is 20.8 Å². The first-order valence-electron chi connectivity index (χ1n) is 7.37. The van der Waals surface area contributed by atoms with Crippen molar-refractivity contribution in [2.75, 3.05) is 11.1 Å². The molecule has 0 aromatic carbocycles. The zero-order chi connectivity index (χ0) is 15.3. The van der Waals surface area contributed by atoms with E-state index in [-0.39, 0.29) is 11.7 Å². The van der Waals surface area contributed by atoms with E-state index in [0.717, 1.165) is 9.47 Å². The minimum Gasteiger partial charge on any atom is -0.459 e. The Bertz CT molecular complexity index is 465. The van der Waals surface area contributed by atoms with Crippen molar-refractivity contribution >= 4 is 34.2 Å². The fourth-order valence-electron chi connectivity index (χ4n) is 2.24. The molecule has 0 amide bonds.